The van der Waals surface area contributed by atoms with Gasteiger partial charge in [-0.2, -0.15) is 0 Å². The number of hydrogen-bond donors (Lipinski definition) is 1. The predicted molar refractivity (Wildman–Crippen MR) is 44.8 cm³/mol. The number of likely N-dealkylation sites (N-methyl/N-ethyl adjacent to an activating group) is 1. The number of carbonyl (C=O) groups excluding carboxylic acids is 1. The van der Waals surface area contributed by atoms with E-state index >= 15 is 0 Å². The van der Waals surface area contributed by atoms with E-state index in [0.717, 1.165) is 0 Å². The third kappa shape index (κ3) is 2.53. The van der Waals surface area contributed by atoms with Crippen LogP contribution in [0.15, 0.2) is 0 Å². The number of carboxylic acids is 1. The van der Waals surface area contributed by atoms with Crippen LogP contribution in [0.1, 0.15) is 26.7 Å². The lowest BCUT2D eigenvalue weighted by molar-refractivity contribution is -0.149. The fourth-order valence-electron chi connectivity index (χ4n) is 1.04. The van der Waals surface area contributed by atoms with Gasteiger partial charge in [-0.25, -0.2) is 4.79 Å². The Morgan fingerprint density at radius 2 is 1.92 bits per heavy atom. The number of hydrogen-bond acceptors (Lipinski definition) is 2. The summed E-state index contributed by atoms with van der Waals surface area (Å²) >= 11 is 0. The maximum absolute atomic E-state index is 11.1. The lowest BCUT2D eigenvalue weighted by Gasteiger charge is -2.22. The van der Waals surface area contributed by atoms with Gasteiger partial charge in [0, 0.05) is 13.5 Å². The van der Waals surface area contributed by atoms with Crippen molar-refractivity contribution in [1.29, 1.82) is 0 Å². The maximum atomic E-state index is 11.1. The summed E-state index contributed by atoms with van der Waals surface area (Å²) in [7, 11) is 1.52. The molecule has 70 valence electrons. The average molecular weight is 173 g/mol. The van der Waals surface area contributed by atoms with Gasteiger partial charge in [0.2, 0.25) is 5.91 Å². The second kappa shape index (κ2) is 4.74. The second-order valence-corrected chi connectivity index (χ2v) is 2.62. The monoisotopic (exact) mass is 173 g/mol. The Bertz CT molecular complexity index is 179. The van der Waals surface area contributed by atoms with Gasteiger partial charge in [-0.05, 0) is 6.42 Å². The molecule has 1 N–H and O–H groups in total. The zero-order valence-electron chi connectivity index (χ0n) is 7.70. The van der Waals surface area contributed by atoms with Crippen molar-refractivity contribution >= 4 is 11.9 Å². The van der Waals surface area contributed by atoms with Gasteiger partial charge in [-0.15, -0.1) is 0 Å². The molecule has 0 aliphatic heterocycles. The average Bonchev–Trinajstić information content (AvgIpc) is 2.03. The van der Waals surface area contributed by atoms with Crippen molar-refractivity contribution in [3.05, 3.63) is 0 Å². The highest BCUT2D eigenvalue weighted by atomic mass is 16.4. The van der Waals surface area contributed by atoms with Crippen LogP contribution in [0.2, 0.25) is 0 Å². The predicted octanol–water partition coefficient (Wildman–Crippen LogP) is 0.718. The molecule has 0 aromatic carbocycles. The van der Waals surface area contributed by atoms with Gasteiger partial charge >= 0.3 is 5.97 Å². The van der Waals surface area contributed by atoms with Crippen LogP contribution in [-0.4, -0.2) is 35.0 Å². The second-order valence-electron chi connectivity index (χ2n) is 2.62. The van der Waals surface area contributed by atoms with Crippen LogP contribution in [0.25, 0.3) is 0 Å². The minimum absolute atomic E-state index is 0.135. The van der Waals surface area contributed by atoms with Crippen molar-refractivity contribution in [2.75, 3.05) is 7.05 Å². The summed E-state index contributed by atoms with van der Waals surface area (Å²) in [6, 6.07) is -0.683. The van der Waals surface area contributed by atoms with E-state index in [1.54, 1.807) is 13.8 Å². The lowest BCUT2D eigenvalue weighted by atomic mass is 10.2. The largest absolute Gasteiger partial charge is 0.480 e. The SMILES string of the molecule is CCC(=O)N(C)C(CC)C(=O)O. The number of rotatable bonds is 4. The van der Waals surface area contributed by atoms with Crippen molar-refractivity contribution in [1.82, 2.24) is 4.90 Å². The Morgan fingerprint density at radius 1 is 1.42 bits per heavy atom. The number of amides is 1. The van der Waals surface area contributed by atoms with E-state index in [9.17, 15) is 9.59 Å². The first kappa shape index (κ1) is 10.9. The Morgan fingerprint density at radius 3 is 2.17 bits per heavy atom. The van der Waals surface area contributed by atoms with E-state index < -0.39 is 12.0 Å². The molecule has 1 amide bonds. The van der Waals surface area contributed by atoms with Gasteiger partial charge in [-0.1, -0.05) is 13.8 Å². The minimum Gasteiger partial charge on any atom is -0.480 e. The maximum Gasteiger partial charge on any atom is 0.326 e. The van der Waals surface area contributed by atoms with E-state index in [4.69, 9.17) is 5.11 Å². The molecule has 0 bridgehead atoms. The van der Waals surface area contributed by atoms with E-state index in [1.165, 1.54) is 11.9 Å². The molecular weight excluding hydrogens is 158 g/mol. The van der Waals surface area contributed by atoms with Crippen LogP contribution < -0.4 is 0 Å². The third-order valence-electron chi connectivity index (χ3n) is 1.84. The van der Waals surface area contributed by atoms with Gasteiger partial charge in [0.05, 0.1) is 0 Å². The third-order valence-corrected chi connectivity index (χ3v) is 1.84. The first-order valence-corrected chi connectivity index (χ1v) is 4.03. The summed E-state index contributed by atoms with van der Waals surface area (Å²) in [5, 5.41) is 8.69. The lowest BCUT2D eigenvalue weighted by Crippen LogP contribution is -2.41. The molecule has 1 atom stereocenters. The Labute approximate surface area is 72.2 Å². The van der Waals surface area contributed by atoms with Crippen LogP contribution >= 0.6 is 0 Å². The standard InChI is InChI=1S/C8H15NO3/c1-4-6(8(11)12)9(3)7(10)5-2/h6H,4-5H2,1-3H3,(H,11,12). The van der Waals surface area contributed by atoms with E-state index in [-0.39, 0.29) is 5.91 Å². The molecule has 0 saturated heterocycles. The highest BCUT2D eigenvalue weighted by Crippen LogP contribution is 2.03. The van der Waals surface area contributed by atoms with Crippen molar-refractivity contribution < 1.29 is 14.7 Å². The molecule has 0 aliphatic rings. The van der Waals surface area contributed by atoms with Crippen LogP contribution in [0.5, 0.6) is 0 Å². The smallest absolute Gasteiger partial charge is 0.326 e. The minimum atomic E-state index is -0.943. The summed E-state index contributed by atoms with van der Waals surface area (Å²) in [5.41, 5.74) is 0. The molecule has 0 aliphatic carbocycles. The van der Waals surface area contributed by atoms with Gasteiger partial charge in [-0.3, -0.25) is 4.79 Å². The normalized spacial score (nSPS) is 12.2. The number of nitrogens with zero attached hydrogens (tertiary/aromatic N) is 1. The van der Waals surface area contributed by atoms with E-state index in [2.05, 4.69) is 0 Å². The van der Waals surface area contributed by atoms with Gasteiger partial charge in [0.25, 0.3) is 0 Å². The Balaban J connectivity index is 4.30. The quantitative estimate of drug-likeness (QED) is 0.681. The highest BCUT2D eigenvalue weighted by molar-refractivity contribution is 5.83. The van der Waals surface area contributed by atoms with Crippen molar-refractivity contribution in [2.45, 2.75) is 32.7 Å². The van der Waals surface area contributed by atoms with Crippen LogP contribution in [0.4, 0.5) is 0 Å². The van der Waals surface area contributed by atoms with Crippen LogP contribution in [-0.2, 0) is 9.59 Å². The Hall–Kier alpha value is -1.06. The summed E-state index contributed by atoms with van der Waals surface area (Å²) < 4.78 is 0. The summed E-state index contributed by atoms with van der Waals surface area (Å²) in [4.78, 5) is 23.0. The van der Waals surface area contributed by atoms with E-state index in [1.807, 2.05) is 0 Å². The number of carboxylic acid groups (broad SMARTS) is 1. The topological polar surface area (TPSA) is 57.6 Å². The molecule has 0 heterocycles. The molecule has 0 rings (SSSR count). The molecule has 0 fully saturated rings. The van der Waals surface area contributed by atoms with Gasteiger partial charge in [0.15, 0.2) is 0 Å². The number of carbonyl (C=O) groups is 2. The molecule has 12 heavy (non-hydrogen) atoms. The van der Waals surface area contributed by atoms with Crippen molar-refractivity contribution in [2.24, 2.45) is 0 Å². The molecule has 0 spiro atoms. The van der Waals surface area contributed by atoms with Gasteiger partial charge in [0.1, 0.15) is 6.04 Å². The fourth-order valence-corrected chi connectivity index (χ4v) is 1.04. The zero-order valence-corrected chi connectivity index (χ0v) is 7.70. The summed E-state index contributed by atoms with van der Waals surface area (Å²) in [6.07, 6.45) is 0.790. The highest BCUT2D eigenvalue weighted by Gasteiger charge is 2.22. The Kier molecular flexibility index (Phi) is 4.33. The van der Waals surface area contributed by atoms with Crippen LogP contribution in [0, 0.1) is 0 Å². The van der Waals surface area contributed by atoms with Crippen LogP contribution in [0.3, 0.4) is 0 Å². The first-order valence-electron chi connectivity index (χ1n) is 4.03. The zero-order chi connectivity index (χ0) is 9.72. The molecule has 4 heteroatoms. The molecule has 0 aromatic rings. The fraction of sp³-hybridized carbons (Fsp3) is 0.750. The molecular formula is C8H15NO3. The first-order chi connectivity index (χ1) is 5.54. The molecule has 0 saturated carbocycles. The molecule has 0 radical (unpaired) electrons. The molecule has 0 aromatic heterocycles. The van der Waals surface area contributed by atoms with Gasteiger partial charge < -0.3 is 10.0 Å². The van der Waals surface area contributed by atoms with E-state index in [0.29, 0.717) is 12.8 Å². The van der Waals surface area contributed by atoms with Crippen molar-refractivity contribution in [3.8, 4) is 0 Å². The molecule has 4 nitrogen and oxygen atoms in total. The molecule has 1 unspecified atom stereocenters. The summed E-state index contributed by atoms with van der Waals surface area (Å²) in [6.45, 7) is 3.46. The number of aliphatic carboxylic acids is 1. The summed E-state index contributed by atoms with van der Waals surface area (Å²) in [5.74, 6) is -1.08. The van der Waals surface area contributed by atoms with Crippen molar-refractivity contribution in [3.63, 3.8) is 0 Å².